The molecule has 1 amide bonds. The number of hydrogen-bond donors (Lipinski definition) is 1. The van der Waals surface area contributed by atoms with Crippen LogP contribution in [0.5, 0.6) is 0 Å². The summed E-state index contributed by atoms with van der Waals surface area (Å²) in [5.74, 6) is 1.18. The Balaban J connectivity index is 1.48. The van der Waals surface area contributed by atoms with Crippen LogP contribution in [0.2, 0.25) is 0 Å². The smallest absolute Gasteiger partial charge is 0.255 e. The van der Waals surface area contributed by atoms with Crippen LogP contribution < -0.4 is 5.32 Å². The van der Waals surface area contributed by atoms with Crippen LogP contribution in [-0.2, 0) is 6.54 Å². The van der Waals surface area contributed by atoms with E-state index < -0.39 is 0 Å². The molecule has 28 heavy (non-hydrogen) atoms. The second kappa shape index (κ2) is 7.52. The molecule has 0 aliphatic carbocycles. The highest BCUT2D eigenvalue weighted by Gasteiger charge is 2.13. The second-order valence-corrected chi connectivity index (χ2v) is 6.63. The number of aromatic nitrogens is 3. The predicted octanol–water partition coefficient (Wildman–Crippen LogP) is 4.46. The third kappa shape index (κ3) is 3.86. The molecule has 0 saturated heterocycles. The molecule has 0 radical (unpaired) electrons. The van der Waals surface area contributed by atoms with Gasteiger partial charge in [-0.15, -0.1) is 0 Å². The van der Waals surface area contributed by atoms with Crippen LogP contribution in [0, 0.1) is 13.8 Å². The molecule has 4 rings (SSSR count). The number of rotatable bonds is 5. The maximum Gasteiger partial charge on any atom is 0.255 e. The first-order valence-corrected chi connectivity index (χ1v) is 9.01. The van der Waals surface area contributed by atoms with E-state index >= 15 is 0 Å². The highest BCUT2D eigenvalue weighted by molar-refractivity contribution is 6.04. The maximum atomic E-state index is 12.4. The van der Waals surface area contributed by atoms with Crippen molar-refractivity contribution >= 4 is 11.6 Å². The van der Waals surface area contributed by atoms with E-state index in [0.29, 0.717) is 18.0 Å². The van der Waals surface area contributed by atoms with Crippen LogP contribution >= 0.6 is 0 Å². The van der Waals surface area contributed by atoms with Gasteiger partial charge in [0.2, 0.25) is 5.89 Å². The number of aryl methyl sites for hydroxylation is 2. The van der Waals surface area contributed by atoms with Crippen molar-refractivity contribution in [2.24, 2.45) is 0 Å². The Bertz CT molecular complexity index is 1100. The van der Waals surface area contributed by atoms with E-state index in [-0.39, 0.29) is 5.91 Å². The Morgan fingerprint density at radius 2 is 1.93 bits per heavy atom. The van der Waals surface area contributed by atoms with Gasteiger partial charge in [0, 0.05) is 29.2 Å². The number of nitrogens with one attached hydrogen (secondary N) is 1. The summed E-state index contributed by atoms with van der Waals surface area (Å²) in [6.45, 7) is 4.42. The largest absolute Gasteiger partial charge is 0.441 e. The zero-order chi connectivity index (χ0) is 19.5. The fourth-order valence-corrected chi connectivity index (χ4v) is 2.93. The number of carbonyl (C=O) groups excluding carboxylic acids is 1. The second-order valence-electron chi connectivity index (χ2n) is 6.63. The number of hydrogen-bond acceptors (Lipinski definition) is 4. The molecule has 0 aliphatic heterocycles. The summed E-state index contributed by atoms with van der Waals surface area (Å²) in [6.07, 6.45) is 3.62. The molecular formula is C22H20N4O2. The molecule has 0 saturated carbocycles. The van der Waals surface area contributed by atoms with Gasteiger partial charge in [0.15, 0.2) is 0 Å². The molecule has 6 heteroatoms. The summed E-state index contributed by atoms with van der Waals surface area (Å²) in [5.41, 5.74) is 4.10. The van der Waals surface area contributed by atoms with Crippen molar-refractivity contribution in [3.8, 4) is 11.5 Å². The maximum absolute atomic E-state index is 12.4. The molecule has 0 aliphatic rings. The summed E-state index contributed by atoms with van der Waals surface area (Å²) in [5, 5.41) is 7.11. The summed E-state index contributed by atoms with van der Waals surface area (Å²) in [7, 11) is 0. The van der Waals surface area contributed by atoms with Crippen molar-refractivity contribution in [3.05, 3.63) is 89.6 Å². The number of anilines is 1. The Kier molecular flexibility index (Phi) is 4.76. The minimum Gasteiger partial charge on any atom is -0.441 e. The molecule has 0 atom stereocenters. The van der Waals surface area contributed by atoms with E-state index in [1.165, 1.54) is 0 Å². The molecule has 140 valence electrons. The zero-order valence-corrected chi connectivity index (χ0v) is 15.7. The van der Waals surface area contributed by atoms with Gasteiger partial charge in [-0.1, -0.05) is 17.7 Å². The molecule has 1 N–H and O–H groups in total. The predicted molar refractivity (Wildman–Crippen MR) is 107 cm³/mol. The van der Waals surface area contributed by atoms with Crippen molar-refractivity contribution in [1.82, 2.24) is 14.8 Å². The van der Waals surface area contributed by atoms with Crippen LogP contribution in [0.3, 0.4) is 0 Å². The monoisotopic (exact) mass is 372 g/mol. The molecule has 0 unspecified atom stereocenters. The molecular weight excluding hydrogens is 352 g/mol. The molecule has 0 fully saturated rings. The van der Waals surface area contributed by atoms with Gasteiger partial charge in [-0.3, -0.25) is 9.48 Å². The SMILES string of the molecule is Cc1cccc(C(=O)Nc2ccc(-c3nc(Cn4cccn4)c(C)o3)cc2)c1. The lowest BCUT2D eigenvalue weighted by Gasteiger charge is -2.06. The fraction of sp³-hybridized carbons (Fsp3) is 0.136. The van der Waals surface area contributed by atoms with Gasteiger partial charge in [-0.05, 0) is 56.3 Å². The molecule has 0 spiro atoms. The normalized spacial score (nSPS) is 10.8. The highest BCUT2D eigenvalue weighted by atomic mass is 16.4. The number of amides is 1. The fourth-order valence-electron chi connectivity index (χ4n) is 2.93. The van der Waals surface area contributed by atoms with Crippen molar-refractivity contribution in [2.45, 2.75) is 20.4 Å². The molecule has 2 aromatic carbocycles. The van der Waals surface area contributed by atoms with Gasteiger partial charge in [0.05, 0.1) is 6.54 Å². The van der Waals surface area contributed by atoms with Gasteiger partial charge in [0.1, 0.15) is 11.5 Å². The van der Waals surface area contributed by atoms with Gasteiger partial charge < -0.3 is 9.73 Å². The number of nitrogens with zero attached hydrogens (tertiary/aromatic N) is 3. The summed E-state index contributed by atoms with van der Waals surface area (Å²) in [6, 6.07) is 16.8. The lowest BCUT2D eigenvalue weighted by Crippen LogP contribution is -2.11. The van der Waals surface area contributed by atoms with Crippen molar-refractivity contribution in [1.29, 1.82) is 0 Å². The lowest BCUT2D eigenvalue weighted by atomic mass is 10.1. The van der Waals surface area contributed by atoms with Gasteiger partial charge in [-0.2, -0.15) is 5.10 Å². The average molecular weight is 372 g/mol. The van der Waals surface area contributed by atoms with E-state index in [1.807, 2.05) is 68.6 Å². The zero-order valence-electron chi connectivity index (χ0n) is 15.7. The molecule has 4 aromatic rings. The van der Waals surface area contributed by atoms with Crippen molar-refractivity contribution in [3.63, 3.8) is 0 Å². The number of carbonyl (C=O) groups is 1. The minimum absolute atomic E-state index is 0.134. The highest BCUT2D eigenvalue weighted by Crippen LogP contribution is 2.24. The van der Waals surface area contributed by atoms with E-state index in [2.05, 4.69) is 15.4 Å². The quantitative estimate of drug-likeness (QED) is 0.561. The van der Waals surface area contributed by atoms with E-state index in [1.54, 1.807) is 16.9 Å². The summed E-state index contributed by atoms with van der Waals surface area (Å²) >= 11 is 0. The first-order chi connectivity index (χ1) is 13.6. The van der Waals surface area contributed by atoms with Crippen LogP contribution in [0.4, 0.5) is 5.69 Å². The van der Waals surface area contributed by atoms with E-state index in [9.17, 15) is 4.79 Å². The minimum atomic E-state index is -0.134. The summed E-state index contributed by atoms with van der Waals surface area (Å²) < 4.78 is 7.62. The topological polar surface area (TPSA) is 73.0 Å². The lowest BCUT2D eigenvalue weighted by molar-refractivity contribution is 0.102. The molecule has 6 nitrogen and oxygen atoms in total. The first-order valence-electron chi connectivity index (χ1n) is 9.01. The van der Waals surface area contributed by atoms with E-state index in [4.69, 9.17) is 4.42 Å². The van der Waals surface area contributed by atoms with Crippen LogP contribution in [-0.4, -0.2) is 20.7 Å². The molecule has 2 heterocycles. The third-order valence-electron chi connectivity index (χ3n) is 4.43. The standard InChI is InChI=1S/C22H20N4O2/c1-15-5-3-6-18(13-15)21(27)24-19-9-7-17(8-10-19)22-25-20(16(2)28-22)14-26-12-4-11-23-26/h3-13H,14H2,1-2H3,(H,24,27). The van der Waals surface area contributed by atoms with Crippen molar-refractivity contribution < 1.29 is 9.21 Å². The van der Waals surface area contributed by atoms with Crippen LogP contribution in [0.25, 0.3) is 11.5 Å². The van der Waals surface area contributed by atoms with Crippen LogP contribution in [0.15, 0.2) is 71.4 Å². The van der Waals surface area contributed by atoms with Crippen LogP contribution in [0.1, 0.15) is 27.4 Å². The van der Waals surface area contributed by atoms with E-state index in [0.717, 1.165) is 28.3 Å². The average Bonchev–Trinajstić information content (AvgIpc) is 3.33. The Hall–Kier alpha value is -3.67. The Labute approximate surface area is 162 Å². The molecule has 2 aromatic heterocycles. The van der Waals surface area contributed by atoms with Crippen molar-refractivity contribution in [2.75, 3.05) is 5.32 Å². The first kappa shape index (κ1) is 17.7. The summed E-state index contributed by atoms with van der Waals surface area (Å²) in [4.78, 5) is 17.0. The van der Waals surface area contributed by atoms with Gasteiger partial charge in [0.25, 0.3) is 5.91 Å². The van der Waals surface area contributed by atoms with Gasteiger partial charge in [-0.25, -0.2) is 4.98 Å². The Morgan fingerprint density at radius 1 is 1.11 bits per heavy atom. The third-order valence-corrected chi connectivity index (χ3v) is 4.43. The van der Waals surface area contributed by atoms with Gasteiger partial charge >= 0.3 is 0 Å². The Morgan fingerprint density at radius 3 is 2.64 bits per heavy atom. The number of benzene rings is 2. The molecule has 0 bridgehead atoms. The number of oxazole rings is 1.